The van der Waals surface area contributed by atoms with Crippen LogP contribution in [0.5, 0.6) is 0 Å². The molecule has 1 heterocycles. The van der Waals surface area contributed by atoms with Crippen LogP contribution in [0.4, 0.5) is 5.69 Å². The van der Waals surface area contributed by atoms with E-state index in [4.69, 9.17) is 0 Å². The molecule has 0 unspecified atom stereocenters. The van der Waals surface area contributed by atoms with Crippen molar-refractivity contribution in [3.63, 3.8) is 0 Å². The molecule has 1 saturated heterocycles. The van der Waals surface area contributed by atoms with E-state index in [0.29, 0.717) is 0 Å². The van der Waals surface area contributed by atoms with Gasteiger partial charge in [0, 0.05) is 18.8 Å². The van der Waals surface area contributed by atoms with Crippen molar-refractivity contribution in [2.24, 2.45) is 0 Å². The summed E-state index contributed by atoms with van der Waals surface area (Å²) in [4.78, 5) is 2.53. The van der Waals surface area contributed by atoms with Crippen molar-refractivity contribution in [2.75, 3.05) is 18.0 Å². The molecule has 1 fully saturated rings. The third-order valence-corrected chi connectivity index (χ3v) is 6.35. The van der Waals surface area contributed by atoms with Gasteiger partial charge in [0.1, 0.15) is 0 Å². The lowest BCUT2D eigenvalue weighted by Crippen LogP contribution is -2.17. The fraction of sp³-hybridized carbons (Fsp3) is 0.360. The standard InChI is InChI=1S/C25H27N/c1-18-8-12-23(21-10-9-19-6-2-3-7-20(19)16-21)24-13-11-22(17-25(18)24)26-14-4-5-15-26/h8-13,16-17H,2-7,14-15H2,1H3. The smallest absolute Gasteiger partial charge is 0.0372 e. The van der Waals surface area contributed by atoms with E-state index in [9.17, 15) is 0 Å². The van der Waals surface area contributed by atoms with E-state index in [2.05, 4.69) is 60.4 Å². The molecule has 3 aromatic rings. The van der Waals surface area contributed by atoms with Crippen LogP contribution >= 0.6 is 0 Å². The highest BCUT2D eigenvalue weighted by atomic mass is 15.1. The Morgan fingerprint density at radius 1 is 0.692 bits per heavy atom. The predicted octanol–water partition coefficient (Wildman–Crippen LogP) is 6.29. The first-order valence-electron chi connectivity index (χ1n) is 10.2. The molecule has 1 heteroatoms. The van der Waals surface area contributed by atoms with Crippen molar-refractivity contribution in [3.05, 3.63) is 65.2 Å². The Morgan fingerprint density at radius 2 is 1.50 bits per heavy atom. The Balaban J connectivity index is 1.63. The lowest BCUT2D eigenvalue weighted by molar-refractivity contribution is 0.686. The van der Waals surface area contributed by atoms with Crippen molar-refractivity contribution >= 4 is 16.5 Å². The molecule has 0 atom stereocenters. The minimum atomic E-state index is 1.20. The lowest BCUT2D eigenvalue weighted by atomic mass is 9.87. The summed E-state index contributed by atoms with van der Waals surface area (Å²) < 4.78 is 0. The number of anilines is 1. The van der Waals surface area contributed by atoms with E-state index in [0.717, 1.165) is 0 Å². The van der Waals surface area contributed by atoms with Crippen LogP contribution < -0.4 is 4.90 Å². The summed E-state index contributed by atoms with van der Waals surface area (Å²) in [5, 5.41) is 2.80. The summed E-state index contributed by atoms with van der Waals surface area (Å²) in [5.41, 5.74) is 8.66. The van der Waals surface area contributed by atoms with Gasteiger partial charge in [-0.3, -0.25) is 0 Å². The monoisotopic (exact) mass is 341 g/mol. The average Bonchev–Trinajstić information content (AvgIpc) is 3.23. The second-order valence-corrected chi connectivity index (χ2v) is 8.04. The van der Waals surface area contributed by atoms with Crippen LogP contribution in [0.15, 0.2) is 48.5 Å². The Morgan fingerprint density at radius 3 is 2.35 bits per heavy atom. The van der Waals surface area contributed by atoms with Gasteiger partial charge in [0.05, 0.1) is 0 Å². The molecule has 1 aliphatic heterocycles. The molecule has 0 bridgehead atoms. The van der Waals surface area contributed by atoms with Crippen LogP contribution in [0.3, 0.4) is 0 Å². The minimum Gasteiger partial charge on any atom is -0.372 e. The summed E-state index contributed by atoms with van der Waals surface area (Å²) in [6, 6.07) is 18.9. The van der Waals surface area contributed by atoms with E-state index < -0.39 is 0 Å². The lowest BCUT2D eigenvalue weighted by Gasteiger charge is -2.20. The molecular formula is C25H27N. The predicted molar refractivity (Wildman–Crippen MR) is 112 cm³/mol. The van der Waals surface area contributed by atoms with Gasteiger partial charge in [0.25, 0.3) is 0 Å². The van der Waals surface area contributed by atoms with Crippen molar-refractivity contribution in [1.82, 2.24) is 0 Å². The molecule has 2 aliphatic rings. The number of aryl methyl sites for hydroxylation is 3. The third-order valence-electron chi connectivity index (χ3n) is 6.35. The molecule has 1 aliphatic carbocycles. The largest absolute Gasteiger partial charge is 0.372 e. The number of hydrogen-bond donors (Lipinski definition) is 0. The third kappa shape index (κ3) is 2.70. The molecule has 0 radical (unpaired) electrons. The molecule has 0 amide bonds. The summed E-state index contributed by atoms with van der Waals surface area (Å²) in [7, 11) is 0. The van der Waals surface area contributed by atoms with Gasteiger partial charge in [-0.25, -0.2) is 0 Å². The first-order chi connectivity index (χ1) is 12.8. The normalized spacial score (nSPS) is 16.9. The highest BCUT2D eigenvalue weighted by molar-refractivity contribution is 6.00. The number of hydrogen-bond acceptors (Lipinski definition) is 1. The molecule has 0 saturated carbocycles. The van der Waals surface area contributed by atoms with Gasteiger partial charge in [0.15, 0.2) is 0 Å². The molecule has 1 nitrogen and oxygen atoms in total. The average molecular weight is 341 g/mol. The number of nitrogens with zero attached hydrogens (tertiary/aromatic N) is 1. The van der Waals surface area contributed by atoms with Gasteiger partial charge in [-0.05, 0) is 96.2 Å². The first-order valence-corrected chi connectivity index (χ1v) is 10.2. The van der Waals surface area contributed by atoms with Crippen LogP contribution in [0, 0.1) is 6.92 Å². The van der Waals surface area contributed by atoms with Crippen LogP contribution in [0.25, 0.3) is 21.9 Å². The molecule has 26 heavy (non-hydrogen) atoms. The van der Waals surface area contributed by atoms with Crippen LogP contribution in [-0.4, -0.2) is 13.1 Å². The fourth-order valence-electron chi connectivity index (χ4n) is 4.81. The van der Waals surface area contributed by atoms with Crippen molar-refractivity contribution in [2.45, 2.75) is 45.4 Å². The van der Waals surface area contributed by atoms with E-state index in [1.165, 1.54) is 84.8 Å². The summed E-state index contributed by atoms with van der Waals surface area (Å²) in [5.74, 6) is 0. The summed E-state index contributed by atoms with van der Waals surface area (Å²) >= 11 is 0. The quantitative estimate of drug-likeness (QED) is 0.529. The highest BCUT2D eigenvalue weighted by Gasteiger charge is 2.15. The van der Waals surface area contributed by atoms with E-state index in [1.54, 1.807) is 11.1 Å². The van der Waals surface area contributed by atoms with E-state index in [1.807, 2.05) is 0 Å². The minimum absolute atomic E-state index is 1.20. The van der Waals surface area contributed by atoms with Crippen molar-refractivity contribution in [3.8, 4) is 11.1 Å². The second kappa shape index (κ2) is 6.46. The molecule has 132 valence electrons. The van der Waals surface area contributed by atoms with Crippen LogP contribution in [0.1, 0.15) is 42.4 Å². The van der Waals surface area contributed by atoms with Gasteiger partial charge < -0.3 is 4.90 Å². The number of rotatable bonds is 2. The first kappa shape index (κ1) is 15.9. The van der Waals surface area contributed by atoms with Gasteiger partial charge in [-0.2, -0.15) is 0 Å². The van der Waals surface area contributed by atoms with Gasteiger partial charge >= 0.3 is 0 Å². The summed E-state index contributed by atoms with van der Waals surface area (Å²) in [6.07, 6.45) is 7.83. The molecule has 0 N–H and O–H groups in total. The Kier molecular flexibility index (Phi) is 3.96. The number of benzene rings is 3. The highest BCUT2D eigenvalue weighted by Crippen LogP contribution is 2.35. The SMILES string of the molecule is Cc1ccc(-c2ccc3c(c2)CCCC3)c2ccc(N3CCCC3)cc12. The molecule has 3 aromatic carbocycles. The van der Waals surface area contributed by atoms with Gasteiger partial charge in [0.2, 0.25) is 0 Å². The van der Waals surface area contributed by atoms with E-state index >= 15 is 0 Å². The van der Waals surface area contributed by atoms with Crippen molar-refractivity contribution < 1.29 is 0 Å². The number of fused-ring (bicyclic) bond motifs is 2. The maximum atomic E-state index is 2.53. The Labute approximate surface area is 156 Å². The fourth-order valence-corrected chi connectivity index (χ4v) is 4.81. The molecule has 0 spiro atoms. The zero-order chi connectivity index (χ0) is 17.5. The summed E-state index contributed by atoms with van der Waals surface area (Å²) in [6.45, 7) is 4.65. The van der Waals surface area contributed by atoms with Crippen LogP contribution in [0.2, 0.25) is 0 Å². The maximum absolute atomic E-state index is 2.53. The van der Waals surface area contributed by atoms with E-state index in [-0.39, 0.29) is 0 Å². The maximum Gasteiger partial charge on any atom is 0.0372 e. The van der Waals surface area contributed by atoms with Gasteiger partial charge in [-0.15, -0.1) is 0 Å². The molecule has 0 aromatic heterocycles. The van der Waals surface area contributed by atoms with Crippen molar-refractivity contribution in [1.29, 1.82) is 0 Å². The Bertz CT molecular complexity index is 963. The second-order valence-electron chi connectivity index (χ2n) is 8.04. The molecule has 5 rings (SSSR count). The topological polar surface area (TPSA) is 3.24 Å². The zero-order valence-corrected chi connectivity index (χ0v) is 15.7. The van der Waals surface area contributed by atoms with Crippen LogP contribution in [-0.2, 0) is 12.8 Å². The zero-order valence-electron chi connectivity index (χ0n) is 15.7. The molecular weight excluding hydrogens is 314 g/mol. The van der Waals surface area contributed by atoms with Gasteiger partial charge in [-0.1, -0.05) is 36.4 Å². The Hall–Kier alpha value is -2.28.